The molecule has 1 aromatic heterocycles. The second kappa shape index (κ2) is 8.61. The molecule has 0 amide bonds. The number of aromatic amines is 1. The Morgan fingerprint density at radius 3 is 2.66 bits per heavy atom. The molecule has 1 unspecified atom stereocenters. The van der Waals surface area contributed by atoms with Crippen LogP contribution in [0.25, 0.3) is 0 Å². The van der Waals surface area contributed by atoms with Crippen LogP contribution in [0.1, 0.15) is 71.4 Å². The quantitative estimate of drug-likeness (QED) is 0.497. The van der Waals surface area contributed by atoms with E-state index in [2.05, 4.69) is 47.1 Å². The Bertz CT molecular complexity index is 1340. The van der Waals surface area contributed by atoms with Gasteiger partial charge in [-0.25, -0.2) is 8.78 Å². The minimum atomic E-state index is -0.489. The predicted octanol–water partition coefficient (Wildman–Crippen LogP) is 6.11. The number of hydrogen-bond acceptors (Lipinski definition) is 2. The number of piperidine rings is 1. The van der Waals surface area contributed by atoms with Crippen LogP contribution in [0, 0.1) is 18.6 Å². The Labute approximate surface area is 205 Å². The molecule has 0 radical (unpaired) electrons. The Morgan fingerprint density at radius 1 is 1.06 bits per heavy atom. The van der Waals surface area contributed by atoms with E-state index in [0.29, 0.717) is 0 Å². The molecule has 3 aliphatic rings. The van der Waals surface area contributed by atoms with E-state index in [1.165, 1.54) is 16.7 Å². The molecule has 182 valence electrons. The lowest BCUT2D eigenvalue weighted by Gasteiger charge is -2.41. The molecule has 3 nitrogen and oxygen atoms in total. The number of nitrogens with zero attached hydrogens (tertiary/aromatic N) is 1. The molecule has 1 N–H and O–H groups in total. The van der Waals surface area contributed by atoms with Gasteiger partial charge >= 0.3 is 0 Å². The molecule has 6 rings (SSSR count). The minimum absolute atomic E-state index is 0.0448. The molecular weight excluding hydrogens is 442 g/mol. The van der Waals surface area contributed by atoms with Gasteiger partial charge in [0.25, 0.3) is 5.56 Å². The highest BCUT2D eigenvalue weighted by Gasteiger charge is 2.47. The SMILES string of the molecule is Cc1cccc(CC2CC3(CCN(c4cc5c(c(=O)[nH]4)CCCC5)CC3)c3c(F)cc(F)cc32)c1. The van der Waals surface area contributed by atoms with Gasteiger partial charge in [-0.1, -0.05) is 29.8 Å². The fraction of sp³-hybridized carbons (Fsp3) is 0.433. The van der Waals surface area contributed by atoms with Gasteiger partial charge in [0.2, 0.25) is 0 Å². The third-order valence-corrected chi connectivity index (χ3v) is 8.66. The molecule has 1 atom stereocenters. The van der Waals surface area contributed by atoms with E-state index in [-0.39, 0.29) is 16.9 Å². The van der Waals surface area contributed by atoms with Gasteiger partial charge in [0.15, 0.2) is 0 Å². The van der Waals surface area contributed by atoms with Gasteiger partial charge in [-0.2, -0.15) is 0 Å². The van der Waals surface area contributed by atoms with Crippen molar-refractivity contribution in [1.29, 1.82) is 0 Å². The maximum atomic E-state index is 15.3. The number of nitrogens with one attached hydrogen (secondary N) is 1. The smallest absolute Gasteiger partial charge is 0.252 e. The zero-order chi connectivity index (χ0) is 24.2. The van der Waals surface area contributed by atoms with Crippen LogP contribution < -0.4 is 10.5 Å². The summed E-state index contributed by atoms with van der Waals surface area (Å²) in [6.07, 6.45) is 7.27. The molecule has 1 saturated heterocycles. The van der Waals surface area contributed by atoms with E-state index in [4.69, 9.17) is 0 Å². The molecule has 1 spiro atoms. The Kier molecular flexibility index (Phi) is 5.54. The van der Waals surface area contributed by atoms with Gasteiger partial charge < -0.3 is 9.88 Å². The van der Waals surface area contributed by atoms with Crippen molar-refractivity contribution in [3.05, 3.63) is 97.8 Å². The van der Waals surface area contributed by atoms with Crippen molar-refractivity contribution in [1.82, 2.24) is 4.98 Å². The zero-order valence-electron chi connectivity index (χ0n) is 20.3. The van der Waals surface area contributed by atoms with Gasteiger partial charge in [0.05, 0.1) is 0 Å². The van der Waals surface area contributed by atoms with Crippen molar-refractivity contribution in [2.24, 2.45) is 0 Å². The predicted molar refractivity (Wildman–Crippen MR) is 135 cm³/mol. The highest BCUT2D eigenvalue weighted by molar-refractivity contribution is 5.49. The number of pyridine rings is 1. The highest BCUT2D eigenvalue weighted by Crippen LogP contribution is 2.54. The summed E-state index contributed by atoms with van der Waals surface area (Å²) in [5, 5.41) is 0. The molecule has 0 saturated carbocycles. The summed E-state index contributed by atoms with van der Waals surface area (Å²) in [6.45, 7) is 3.58. The first-order valence-electron chi connectivity index (χ1n) is 13.0. The average molecular weight is 475 g/mol. The van der Waals surface area contributed by atoms with Crippen LogP contribution in [0.3, 0.4) is 0 Å². The minimum Gasteiger partial charge on any atom is -0.358 e. The third-order valence-electron chi connectivity index (χ3n) is 8.66. The average Bonchev–Trinajstić information content (AvgIpc) is 3.12. The number of halogens is 2. The number of H-pyrrole nitrogens is 1. The van der Waals surface area contributed by atoms with E-state index in [1.54, 1.807) is 6.07 Å². The molecular formula is C30H32F2N2O. The van der Waals surface area contributed by atoms with Crippen LogP contribution in [0.4, 0.5) is 14.6 Å². The monoisotopic (exact) mass is 474 g/mol. The second-order valence-electron chi connectivity index (χ2n) is 10.9. The summed E-state index contributed by atoms with van der Waals surface area (Å²) >= 11 is 0. The molecule has 1 fully saturated rings. The first-order chi connectivity index (χ1) is 16.9. The largest absolute Gasteiger partial charge is 0.358 e. The molecule has 35 heavy (non-hydrogen) atoms. The highest BCUT2D eigenvalue weighted by atomic mass is 19.1. The fourth-order valence-corrected chi connectivity index (χ4v) is 7.00. The van der Waals surface area contributed by atoms with Crippen LogP contribution in [0.5, 0.6) is 0 Å². The third kappa shape index (κ3) is 3.99. The van der Waals surface area contributed by atoms with Crippen molar-refractivity contribution in [2.75, 3.05) is 18.0 Å². The molecule has 2 aliphatic carbocycles. The van der Waals surface area contributed by atoms with Gasteiger partial charge in [-0.3, -0.25) is 4.79 Å². The van der Waals surface area contributed by atoms with Gasteiger partial charge in [0.1, 0.15) is 17.5 Å². The van der Waals surface area contributed by atoms with Crippen LogP contribution in [0.2, 0.25) is 0 Å². The molecule has 0 bridgehead atoms. The summed E-state index contributed by atoms with van der Waals surface area (Å²) in [7, 11) is 0. The number of anilines is 1. The number of fused-ring (bicyclic) bond motifs is 3. The number of rotatable bonds is 3. The van der Waals surface area contributed by atoms with E-state index < -0.39 is 11.6 Å². The summed E-state index contributed by atoms with van der Waals surface area (Å²) in [4.78, 5) is 18.1. The Morgan fingerprint density at radius 2 is 1.86 bits per heavy atom. The molecule has 1 aliphatic heterocycles. The van der Waals surface area contributed by atoms with Gasteiger partial charge in [0, 0.05) is 30.1 Å². The molecule has 2 heterocycles. The van der Waals surface area contributed by atoms with Crippen LogP contribution in [-0.4, -0.2) is 18.1 Å². The maximum Gasteiger partial charge on any atom is 0.252 e. The van der Waals surface area contributed by atoms with Crippen molar-refractivity contribution >= 4 is 5.82 Å². The zero-order valence-corrected chi connectivity index (χ0v) is 20.3. The topological polar surface area (TPSA) is 36.1 Å². The summed E-state index contributed by atoms with van der Waals surface area (Å²) in [5.41, 5.74) is 5.88. The number of hydrogen-bond donors (Lipinski definition) is 1. The lowest BCUT2D eigenvalue weighted by atomic mass is 9.73. The number of aryl methyl sites for hydroxylation is 2. The van der Waals surface area contributed by atoms with Crippen LogP contribution in [-0.2, 0) is 24.7 Å². The maximum absolute atomic E-state index is 15.3. The van der Waals surface area contributed by atoms with Crippen molar-refractivity contribution in [3.8, 4) is 0 Å². The van der Waals surface area contributed by atoms with Gasteiger partial charge in [-0.05, 0) is 98.6 Å². The van der Waals surface area contributed by atoms with Crippen molar-refractivity contribution in [3.63, 3.8) is 0 Å². The fourth-order valence-electron chi connectivity index (χ4n) is 7.00. The summed E-state index contributed by atoms with van der Waals surface area (Å²) < 4.78 is 29.6. The normalized spacial score (nSPS) is 20.7. The lowest BCUT2D eigenvalue weighted by Crippen LogP contribution is -2.43. The summed E-state index contributed by atoms with van der Waals surface area (Å²) in [5.74, 6) is 0.103. The van der Waals surface area contributed by atoms with Gasteiger partial charge in [-0.15, -0.1) is 0 Å². The van der Waals surface area contributed by atoms with E-state index in [1.807, 2.05) is 0 Å². The van der Waals surface area contributed by atoms with Crippen LogP contribution in [0.15, 0.2) is 47.3 Å². The second-order valence-corrected chi connectivity index (χ2v) is 10.9. The lowest BCUT2D eigenvalue weighted by molar-refractivity contribution is 0.305. The van der Waals surface area contributed by atoms with Crippen molar-refractivity contribution in [2.45, 2.75) is 69.6 Å². The Hall–Kier alpha value is -2.95. The first kappa shape index (κ1) is 22.5. The molecule has 3 aromatic rings. The standard InChI is InChI=1S/C30H32F2N2O/c1-19-5-4-6-20(13-19)14-22-18-30(28-25(22)16-23(31)17-26(28)32)9-11-34(12-10-30)27-15-21-7-2-3-8-24(21)29(35)33-27/h4-6,13,15-17,22H,2-3,7-12,14,18H2,1H3,(H,33,35). The molecule has 5 heteroatoms. The number of benzene rings is 2. The van der Waals surface area contributed by atoms with E-state index >= 15 is 4.39 Å². The first-order valence-corrected chi connectivity index (χ1v) is 13.0. The van der Waals surface area contributed by atoms with E-state index in [0.717, 1.165) is 93.0 Å². The molecule has 2 aromatic carbocycles. The number of aromatic nitrogens is 1. The Balaban J connectivity index is 1.29. The van der Waals surface area contributed by atoms with Crippen molar-refractivity contribution < 1.29 is 8.78 Å². The van der Waals surface area contributed by atoms with Crippen LogP contribution >= 0.6 is 0 Å². The summed E-state index contributed by atoms with van der Waals surface area (Å²) in [6, 6.07) is 13.2. The van der Waals surface area contributed by atoms with E-state index in [9.17, 15) is 9.18 Å².